The van der Waals surface area contributed by atoms with E-state index < -0.39 is 0 Å². The molecule has 0 aliphatic carbocycles. The first kappa shape index (κ1) is 15.2. The Morgan fingerprint density at radius 2 is 1.93 bits per heavy atom. The van der Waals surface area contributed by atoms with E-state index in [0.717, 1.165) is 4.47 Å². The number of phenolic OH excluding ortho intramolecular Hbond substituents is 1. The second-order valence-corrected chi connectivity index (χ2v) is 4.78. The van der Waals surface area contributed by atoms with Crippen molar-refractivity contribution in [2.75, 3.05) is 6.54 Å². The van der Waals surface area contributed by atoms with Crippen LogP contribution in [0.1, 0.15) is 18.0 Å². The van der Waals surface area contributed by atoms with E-state index in [0.29, 0.717) is 23.0 Å². The van der Waals surface area contributed by atoms with Gasteiger partial charge in [0.15, 0.2) is 0 Å². The first-order valence-electron chi connectivity index (χ1n) is 4.19. The third kappa shape index (κ3) is 3.92. The lowest BCUT2D eigenvalue weighted by Crippen LogP contribution is -2.15. The maximum absolute atomic E-state index is 9.73. The summed E-state index contributed by atoms with van der Waals surface area (Å²) in [6.45, 7) is 0.505. The number of hydrogen-bond donors (Lipinski definition) is 3. The fourth-order valence-corrected chi connectivity index (χ4v) is 2.46. The predicted octanol–water partition coefficient (Wildman–Crippen LogP) is 2.69. The standard InChI is InChI=1S/C9H12Br2N2O.ClH/c10-5-3-6(8(13)1-2-12)9(14)7(11)4-5;/h3-4,8,14H,1-2,12-13H2;1H/t8-;/m0./s1. The third-order valence-corrected chi connectivity index (χ3v) is 3.00. The summed E-state index contributed by atoms with van der Waals surface area (Å²) in [6.07, 6.45) is 0.649. The van der Waals surface area contributed by atoms with Crippen LogP contribution in [0.15, 0.2) is 21.1 Å². The fraction of sp³-hybridized carbons (Fsp3) is 0.333. The molecule has 0 saturated carbocycles. The number of nitrogens with two attached hydrogens (primary N) is 2. The SMILES string of the molecule is Cl.NCC[C@H](N)c1cc(Br)cc(Br)c1O. The molecule has 0 fully saturated rings. The molecule has 0 aliphatic rings. The van der Waals surface area contributed by atoms with Crippen LogP contribution in [-0.4, -0.2) is 11.7 Å². The number of benzene rings is 1. The van der Waals surface area contributed by atoms with Crippen LogP contribution in [0.25, 0.3) is 0 Å². The molecule has 1 aromatic carbocycles. The van der Waals surface area contributed by atoms with Crippen molar-refractivity contribution in [1.82, 2.24) is 0 Å². The molecule has 0 bridgehead atoms. The fourth-order valence-electron chi connectivity index (χ4n) is 1.20. The molecular weight excluding hydrogens is 347 g/mol. The molecule has 1 aromatic rings. The lowest BCUT2D eigenvalue weighted by molar-refractivity contribution is 0.455. The Bertz CT molecular complexity index is 336. The van der Waals surface area contributed by atoms with Crippen molar-refractivity contribution < 1.29 is 5.11 Å². The lowest BCUT2D eigenvalue weighted by atomic mass is 10.0. The van der Waals surface area contributed by atoms with Gasteiger partial charge in [0.05, 0.1) is 4.47 Å². The highest BCUT2D eigenvalue weighted by Crippen LogP contribution is 2.35. The quantitative estimate of drug-likeness (QED) is 0.776. The highest BCUT2D eigenvalue weighted by Gasteiger charge is 2.13. The summed E-state index contributed by atoms with van der Waals surface area (Å²) in [5.41, 5.74) is 12.0. The van der Waals surface area contributed by atoms with E-state index in [2.05, 4.69) is 31.9 Å². The second kappa shape index (κ2) is 6.70. The van der Waals surface area contributed by atoms with E-state index in [1.165, 1.54) is 0 Å². The molecule has 3 nitrogen and oxygen atoms in total. The Balaban J connectivity index is 0.00000196. The minimum Gasteiger partial charge on any atom is -0.506 e. The molecule has 0 radical (unpaired) electrons. The maximum Gasteiger partial charge on any atom is 0.134 e. The van der Waals surface area contributed by atoms with Crippen LogP contribution in [0.2, 0.25) is 0 Å². The summed E-state index contributed by atoms with van der Waals surface area (Å²) in [7, 11) is 0. The van der Waals surface area contributed by atoms with Gasteiger partial charge in [0, 0.05) is 16.1 Å². The van der Waals surface area contributed by atoms with Gasteiger partial charge < -0.3 is 16.6 Å². The Hall–Kier alpha value is 0.190. The van der Waals surface area contributed by atoms with Gasteiger partial charge in [-0.25, -0.2) is 0 Å². The number of phenols is 1. The summed E-state index contributed by atoms with van der Waals surface area (Å²) < 4.78 is 1.51. The first-order chi connectivity index (χ1) is 6.56. The van der Waals surface area contributed by atoms with Crippen molar-refractivity contribution in [3.63, 3.8) is 0 Å². The van der Waals surface area contributed by atoms with E-state index in [9.17, 15) is 5.11 Å². The van der Waals surface area contributed by atoms with Crippen LogP contribution in [-0.2, 0) is 0 Å². The molecule has 0 aromatic heterocycles. The zero-order chi connectivity index (χ0) is 10.7. The van der Waals surface area contributed by atoms with Crippen LogP contribution in [0.3, 0.4) is 0 Å². The normalized spacial score (nSPS) is 12.0. The first-order valence-corrected chi connectivity index (χ1v) is 5.78. The molecule has 0 saturated heterocycles. The van der Waals surface area contributed by atoms with Crippen molar-refractivity contribution in [3.05, 3.63) is 26.6 Å². The topological polar surface area (TPSA) is 72.3 Å². The number of rotatable bonds is 3. The van der Waals surface area contributed by atoms with Gasteiger partial charge >= 0.3 is 0 Å². The Labute approximate surface area is 112 Å². The predicted molar refractivity (Wildman–Crippen MR) is 71.4 cm³/mol. The molecule has 0 heterocycles. The molecular formula is C9H13Br2ClN2O. The van der Waals surface area contributed by atoms with Crippen LogP contribution in [0, 0.1) is 0 Å². The third-order valence-electron chi connectivity index (χ3n) is 1.93. The van der Waals surface area contributed by atoms with Gasteiger partial charge in [-0.2, -0.15) is 0 Å². The Kier molecular flexibility index (Phi) is 6.79. The number of aromatic hydroxyl groups is 1. The largest absolute Gasteiger partial charge is 0.506 e. The molecule has 15 heavy (non-hydrogen) atoms. The Morgan fingerprint density at radius 3 is 2.47 bits per heavy atom. The highest BCUT2D eigenvalue weighted by atomic mass is 79.9. The smallest absolute Gasteiger partial charge is 0.134 e. The molecule has 86 valence electrons. The van der Waals surface area contributed by atoms with Crippen molar-refractivity contribution in [3.8, 4) is 5.75 Å². The zero-order valence-electron chi connectivity index (χ0n) is 7.91. The molecule has 0 spiro atoms. The monoisotopic (exact) mass is 358 g/mol. The highest BCUT2D eigenvalue weighted by molar-refractivity contribution is 9.11. The minimum absolute atomic E-state index is 0. The second-order valence-electron chi connectivity index (χ2n) is 3.01. The summed E-state index contributed by atoms with van der Waals surface area (Å²) >= 11 is 6.59. The van der Waals surface area contributed by atoms with E-state index in [-0.39, 0.29) is 24.2 Å². The van der Waals surface area contributed by atoms with E-state index >= 15 is 0 Å². The average Bonchev–Trinajstić information content (AvgIpc) is 2.11. The van der Waals surface area contributed by atoms with E-state index in [1.54, 1.807) is 12.1 Å². The van der Waals surface area contributed by atoms with Crippen molar-refractivity contribution in [2.45, 2.75) is 12.5 Å². The van der Waals surface area contributed by atoms with Gasteiger partial charge in [-0.05, 0) is 41.0 Å². The molecule has 0 unspecified atom stereocenters. The van der Waals surface area contributed by atoms with Gasteiger partial charge in [-0.1, -0.05) is 15.9 Å². The average molecular weight is 360 g/mol. The molecule has 0 amide bonds. The molecule has 0 aliphatic heterocycles. The number of hydrogen-bond acceptors (Lipinski definition) is 3. The minimum atomic E-state index is -0.228. The van der Waals surface area contributed by atoms with Crippen LogP contribution < -0.4 is 11.5 Å². The zero-order valence-corrected chi connectivity index (χ0v) is 11.9. The van der Waals surface area contributed by atoms with Crippen molar-refractivity contribution in [1.29, 1.82) is 0 Å². The van der Waals surface area contributed by atoms with Crippen LogP contribution in [0.4, 0.5) is 0 Å². The van der Waals surface area contributed by atoms with Crippen molar-refractivity contribution in [2.24, 2.45) is 11.5 Å². The summed E-state index contributed by atoms with van der Waals surface area (Å²) in [5, 5.41) is 9.73. The van der Waals surface area contributed by atoms with Gasteiger partial charge in [0.2, 0.25) is 0 Å². The molecule has 5 N–H and O–H groups in total. The molecule has 1 rings (SSSR count). The van der Waals surface area contributed by atoms with Gasteiger partial charge in [-0.3, -0.25) is 0 Å². The van der Waals surface area contributed by atoms with Gasteiger partial charge in [0.25, 0.3) is 0 Å². The summed E-state index contributed by atoms with van der Waals surface area (Å²) in [5.74, 6) is 0.189. The van der Waals surface area contributed by atoms with E-state index in [1.807, 2.05) is 0 Å². The van der Waals surface area contributed by atoms with Gasteiger partial charge in [-0.15, -0.1) is 12.4 Å². The van der Waals surface area contributed by atoms with Crippen LogP contribution >= 0.6 is 44.3 Å². The number of halogens is 3. The maximum atomic E-state index is 9.73. The molecule has 6 heteroatoms. The molecule has 1 atom stereocenters. The summed E-state index contributed by atoms with van der Waals surface area (Å²) in [6, 6.07) is 3.35. The van der Waals surface area contributed by atoms with Crippen molar-refractivity contribution >= 4 is 44.3 Å². The van der Waals surface area contributed by atoms with Crippen LogP contribution in [0.5, 0.6) is 5.75 Å². The Morgan fingerprint density at radius 1 is 1.33 bits per heavy atom. The lowest BCUT2D eigenvalue weighted by Gasteiger charge is -2.14. The van der Waals surface area contributed by atoms with E-state index in [4.69, 9.17) is 11.5 Å². The summed E-state index contributed by atoms with van der Waals surface area (Å²) in [4.78, 5) is 0. The van der Waals surface area contributed by atoms with Gasteiger partial charge in [0.1, 0.15) is 5.75 Å².